The van der Waals surface area contributed by atoms with Crippen LogP contribution in [0, 0.1) is 0 Å². The predicted octanol–water partition coefficient (Wildman–Crippen LogP) is 2.69. The minimum atomic E-state index is 0.615. The van der Waals surface area contributed by atoms with Gasteiger partial charge in [0.05, 0.1) is 0 Å². The standard InChI is InChI=1S/C3H7NO.2C2H6/c1-3-5-4-2;2*1-2/h2-3H2,1H3;2*1-2H3. The normalized spacial score (nSPS) is 5.00. The van der Waals surface area contributed by atoms with Gasteiger partial charge in [0.2, 0.25) is 0 Å². The molecule has 0 aromatic heterocycles. The van der Waals surface area contributed by atoms with E-state index in [0.29, 0.717) is 6.61 Å². The molecule has 0 aromatic carbocycles. The van der Waals surface area contributed by atoms with Crippen molar-refractivity contribution in [3.8, 4) is 0 Å². The highest BCUT2D eigenvalue weighted by Crippen LogP contribution is 1.63. The lowest BCUT2D eigenvalue weighted by atomic mass is 10.9. The van der Waals surface area contributed by atoms with Gasteiger partial charge in [-0.15, -0.1) is 5.16 Å². The van der Waals surface area contributed by atoms with Gasteiger partial charge < -0.3 is 4.84 Å². The average Bonchev–Trinajstić information content (AvgIpc) is 1.98. The lowest BCUT2D eigenvalue weighted by Crippen LogP contribution is -1.72. The van der Waals surface area contributed by atoms with Crippen molar-refractivity contribution in [1.29, 1.82) is 0 Å². The summed E-state index contributed by atoms with van der Waals surface area (Å²) in [5, 5.41) is 3.10. The molecule has 0 fully saturated rings. The third-order valence-corrected chi connectivity index (χ3v) is 0.220. The molecule has 0 bridgehead atoms. The molecule has 58 valence electrons. The van der Waals surface area contributed by atoms with Crippen LogP contribution in [0.4, 0.5) is 0 Å². The molecule has 0 unspecified atom stereocenters. The molecule has 0 N–H and O–H groups in total. The Morgan fingerprint density at radius 1 is 1.22 bits per heavy atom. The van der Waals surface area contributed by atoms with Gasteiger partial charge in [0.1, 0.15) is 6.61 Å². The van der Waals surface area contributed by atoms with Crippen molar-refractivity contribution in [3.05, 3.63) is 0 Å². The molecule has 2 heteroatoms. The van der Waals surface area contributed by atoms with Crippen LogP contribution in [0.1, 0.15) is 34.6 Å². The fraction of sp³-hybridized carbons (Fsp3) is 0.857. The second-order valence-corrected chi connectivity index (χ2v) is 0.547. The van der Waals surface area contributed by atoms with Gasteiger partial charge in [0.15, 0.2) is 0 Å². The average molecular weight is 133 g/mol. The second-order valence-electron chi connectivity index (χ2n) is 0.547. The predicted molar refractivity (Wildman–Crippen MR) is 43.9 cm³/mol. The molecule has 2 nitrogen and oxygen atoms in total. The third kappa shape index (κ3) is 103. The van der Waals surface area contributed by atoms with Gasteiger partial charge in [-0.1, -0.05) is 27.7 Å². The van der Waals surface area contributed by atoms with Gasteiger partial charge >= 0.3 is 0 Å². The van der Waals surface area contributed by atoms with Gasteiger partial charge in [-0.25, -0.2) is 0 Å². The minimum Gasteiger partial charge on any atom is -0.397 e. The molecule has 0 aliphatic rings. The number of rotatable bonds is 2. The zero-order chi connectivity index (χ0) is 8.12. The van der Waals surface area contributed by atoms with Crippen LogP contribution in [0.15, 0.2) is 5.16 Å². The Labute approximate surface area is 58.9 Å². The number of hydrogen-bond acceptors (Lipinski definition) is 2. The Balaban J connectivity index is -0.0000000771. The van der Waals surface area contributed by atoms with Crippen LogP contribution in [-0.4, -0.2) is 13.3 Å². The van der Waals surface area contributed by atoms with Crippen LogP contribution < -0.4 is 0 Å². The molecule has 0 rings (SSSR count). The first-order chi connectivity index (χ1) is 4.41. The van der Waals surface area contributed by atoms with Crippen molar-refractivity contribution in [1.82, 2.24) is 0 Å². The summed E-state index contributed by atoms with van der Waals surface area (Å²) in [6.07, 6.45) is 0. The highest BCUT2D eigenvalue weighted by atomic mass is 16.6. The Morgan fingerprint density at radius 3 is 1.56 bits per heavy atom. The molecule has 0 aliphatic carbocycles. The maximum atomic E-state index is 4.35. The Hall–Kier alpha value is -0.530. The van der Waals surface area contributed by atoms with E-state index in [-0.39, 0.29) is 0 Å². The maximum absolute atomic E-state index is 4.35. The molecule has 0 aromatic rings. The summed E-state index contributed by atoms with van der Waals surface area (Å²) in [4.78, 5) is 4.35. The molecular weight excluding hydrogens is 114 g/mol. The Morgan fingerprint density at radius 2 is 1.56 bits per heavy atom. The number of hydrogen-bond donors (Lipinski definition) is 0. The van der Waals surface area contributed by atoms with Gasteiger partial charge in [-0.2, -0.15) is 0 Å². The summed E-state index contributed by atoms with van der Waals surface area (Å²) in [7, 11) is 0. The second kappa shape index (κ2) is 51.3. The van der Waals surface area contributed by atoms with E-state index in [9.17, 15) is 0 Å². The molecule has 0 atom stereocenters. The van der Waals surface area contributed by atoms with Gasteiger partial charge in [0.25, 0.3) is 0 Å². The largest absolute Gasteiger partial charge is 0.397 e. The molecule has 0 saturated heterocycles. The van der Waals surface area contributed by atoms with E-state index in [0.717, 1.165) is 0 Å². The van der Waals surface area contributed by atoms with Crippen molar-refractivity contribution < 1.29 is 4.84 Å². The lowest BCUT2D eigenvalue weighted by molar-refractivity contribution is 0.161. The van der Waals surface area contributed by atoms with Crippen LogP contribution in [-0.2, 0) is 4.84 Å². The minimum absolute atomic E-state index is 0.615. The first-order valence-corrected chi connectivity index (χ1v) is 3.49. The van der Waals surface area contributed by atoms with E-state index in [4.69, 9.17) is 0 Å². The zero-order valence-corrected chi connectivity index (χ0v) is 7.27. The fourth-order valence-electron chi connectivity index (χ4n) is 0.0913. The maximum Gasteiger partial charge on any atom is 0.114 e. The van der Waals surface area contributed by atoms with E-state index in [1.54, 1.807) is 0 Å². The van der Waals surface area contributed by atoms with Crippen molar-refractivity contribution in [2.45, 2.75) is 34.6 Å². The fourth-order valence-corrected chi connectivity index (χ4v) is 0.0913. The number of oxime groups is 1. The van der Waals surface area contributed by atoms with E-state index in [2.05, 4.69) is 16.7 Å². The van der Waals surface area contributed by atoms with Gasteiger partial charge in [-0.3, -0.25) is 0 Å². The highest BCUT2D eigenvalue weighted by molar-refractivity contribution is 5.21. The molecule has 0 aliphatic heterocycles. The van der Waals surface area contributed by atoms with Crippen LogP contribution in [0.3, 0.4) is 0 Å². The molecular formula is C7H19NO. The summed E-state index contributed by atoms with van der Waals surface area (Å²) in [5.41, 5.74) is 0. The monoisotopic (exact) mass is 133 g/mol. The van der Waals surface area contributed by atoms with Crippen molar-refractivity contribution in [3.63, 3.8) is 0 Å². The van der Waals surface area contributed by atoms with E-state index >= 15 is 0 Å². The topological polar surface area (TPSA) is 21.6 Å². The number of nitrogens with zero attached hydrogens (tertiary/aromatic N) is 1. The quantitative estimate of drug-likeness (QED) is 0.419. The van der Waals surface area contributed by atoms with Crippen molar-refractivity contribution >= 4 is 6.72 Å². The summed E-state index contributed by atoms with van der Waals surface area (Å²) < 4.78 is 0. The van der Waals surface area contributed by atoms with Crippen molar-refractivity contribution in [2.75, 3.05) is 6.61 Å². The smallest absolute Gasteiger partial charge is 0.114 e. The SMILES string of the molecule is C=NOCC.CC.CC. The first kappa shape index (κ1) is 15.8. The van der Waals surface area contributed by atoms with Gasteiger partial charge in [0, 0.05) is 6.72 Å². The Bertz CT molecular complexity index is 30.1. The molecule has 0 spiro atoms. The molecule has 0 radical (unpaired) electrons. The molecule has 0 amide bonds. The van der Waals surface area contributed by atoms with E-state index in [1.165, 1.54) is 0 Å². The van der Waals surface area contributed by atoms with Crippen LogP contribution in [0.25, 0.3) is 0 Å². The summed E-state index contributed by atoms with van der Waals surface area (Å²) in [5.74, 6) is 0. The van der Waals surface area contributed by atoms with Crippen molar-refractivity contribution in [2.24, 2.45) is 5.16 Å². The van der Waals surface area contributed by atoms with E-state index < -0.39 is 0 Å². The summed E-state index contributed by atoms with van der Waals surface area (Å²) >= 11 is 0. The Kier molecular flexibility index (Phi) is 90.0. The van der Waals surface area contributed by atoms with Crippen LogP contribution >= 0.6 is 0 Å². The summed E-state index contributed by atoms with van der Waals surface area (Å²) in [6.45, 7) is 13.5. The van der Waals surface area contributed by atoms with Crippen LogP contribution in [0.5, 0.6) is 0 Å². The molecule has 9 heavy (non-hydrogen) atoms. The molecule has 0 saturated carbocycles. The first-order valence-electron chi connectivity index (χ1n) is 3.49. The van der Waals surface area contributed by atoms with Crippen LogP contribution in [0.2, 0.25) is 0 Å². The lowest BCUT2D eigenvalue weighted by Gasteiger charge is -1.82. The van der Waals surface area contributed by atoms with Gasteiger partial charge in [-0.05, 0) is 6.92 Å². The van der Waals surface area contributed by atoms with E-state index in [1.807, 2.05) is 34.6 Å². The zero-order valence-electron chi connectivity index (χ0n) is 7.27. The highest BCUT2D eigenvalue weighted by Gasteiger charge is 1.57. The summed E-state index contributed by atoms with van der Waals surface area (Å²) in [6, 6.07) is 0. The third-order valence-electron chi connectivity index (χ3n) is 0.220. The molecule has 0 heterocycles.